The maximum Gasteiger partial charge on any atom is 0.103 e. The predicted molar refractivity (Wildman–Crippen MR) is 76.7 cm³/mol. The Labute approximate surface area is 109 Å². The Hall–Kier alpha value is -1.13. The summed E-state index contributed by atoms with van der Waals surface area (Å²) in [6.45, 7) is 5.93. The van der Waals surface area contributed by atoms with Crippen LogP contribution in [0, 0.1) is 0 Å². The van der Waals surface area contributed by atoms with Gasteiger partial charge in [0.15, 0.2) is 0 Å². The third-order valence-corrected chi connectivity index (χ3v) is 3.00. The molecule has 0 saturated carbocycles. The molecule has 0 amide bonds. The number of hydrogen-bond acceptors (Lipinski definition) is 3. The number of benzene rings is 1. The van der Waals surface area contributed by atoms with E-state index in [1.165, 1.54) is 0 Å². The lowest BCUT2D eigenvalue weighted by Crippen LogP contribution is -2.36. The van der Waals surface area contributed by atoms with Crippen molar-refractivity contribution in [1.82, 2.24) is 0 Å². The van der Waals surface area contributed by atoms with Gasteiger partial charge >= 0.3 is 0 Å². The highest BCUT2D eigenvalue weighted by Crippen LogP contribution is 2.18. The summed E-state index contributed by atoms with van der Waals surface area (Å²) in [6.07, 6.45) is 0. The molecule has 0 fully saturated rings. The van der Waals surface area contributed by atoms with Crippen LogP contribution in [0.2, 0.25) is 0 Å². The highest BCUT2D eigenvalue weighted by molar-refractivity contribution is 7.80. The van der Waals surface area contributed by atoms with Gasteiger partial charge in [-0.3, -0.25) is 0 Å². The van der Waals surface area contributed by atoms with Crippen molar-refractivity contribution in [2.45, 2.75) is 19.9 Å². The SMILES string of the molecule is CCN(c1ccc(C(N)=S)cc1)C(C)COC. The van der Waals surface area contributed by atoms with Crippen LogP contribution in [0.5, 0.6) is 0 Å². The van der Waals surface area contributed by atoms with E-state index < -0.39 is 0 Å². The highest BCUT2D eigenvalue weighted by atomic mass is 32.1. The smallest absolute Gasteiger partial charge is 0.103 e. The van der Waals surface area contributed by atoms with Crippen molar-refractivity contribution in [3.63, 3.8) is 0 Å². The van der Waals surface area contributed by atoms with Crippen molar-refractivity contribution < 1.29 is 4.74 Å². The molecule has 0 saturated heterocycles. The molecule has 0 radical (unpaired) electrons. The van der Waals surface area contributed by atoms with Crippen LogP contribution >= 0.6 is 12.2 Å². The van der Waals surface area contributed by atoms with Crippen molar-refractivity contribution in [2.24, 2.45) is 5.73 Å². The van der Waals surface area contributed by atoms with Crippen LogP contribution in [0.1, 0.15) is 19.4 Å². The largest absolute Gasteiger partial charge is 0.389 e. The van der Waals surface area contributed by atoms with Gasteiger partial charge in [0.25, 0.3) is 0 Å². The molecular weight excluding hydrogens is 232 g/mol. The van der Waals surface area contributed by atoms with Crippen LogP contribution in [0.3, 0.4) is 0 Å². The molecule has 0 aromatic heterocycles. The number of thiocarbonyl (C=S) groups is 1. The normalized spacial score (nSPS) is 12.2. The first-order chi connectivity index (χ1) is 8.10. The summed E-state index contributed by atoms with van der Waals surface area (Å²) in [6, 6.07) is 8.36. The highest BCUT2D eigenvalue weighted by Gasteiger charge is 2.12. The predicted octanol–water partition coefficient (Wildman–Crippen LogP) is 2.18. The fourth-order valence-electron chi connectivity index (χ4n) is 1.90. The fourth-order valence-corrected chi connectivity index (χ4v) is 2.03. The number of nitrogens with two attached hydrogens (primary N) is 1. The van der Waals surface area contributed by atoms with Gasteiger partial charge in [-0.25, -0.2) is 0 Å². The van der Waals surface area contributed by atoms with Gasteiger partial charge in [-0.1, -0.05) is 12.2 Å². The zero-order chi connectivity index (χ0) is 12.8. The van der Waals surface area contributed by atoms with Gasteiger partial charge in [-0.15, -0.1) is 0 Å². The molecule has 1 aromatic carbocycles. The van der Waals surface area contributed by atoms with Crippen LogP contribution in [-0.2, 0) is 4.74 Å². The maximum atomic E-state index is 5.58. The van der Waals surface area contributed by atoms with Crippen molar-refractivity contribution in [2.75, 3.05) is 25.2 Å². The summed E-state index contributed by atoms with van der Waals surface area (Å²) in [5, 5.41) is 0. The molecule has 0 aliphatic rings. The molecule has 94 valence electrons. The van der Waals surface area contributed by atoms with E-state index in [1.807, 2.05) is 24.3 Å². The van der Waals surface area contributed by atoms with Gasteiger partial charge in [0.2, 0.25) is 0 Å². The lowest BCUT2D eigenvalue weighted by atomic mass is 10.1. The quantitative estimate of drug-likeness (QED) is 0.788. The molecule has 0 aliphatic heterocycles. The Morgan fingerprint density at radius 1 is 1.41 bits per heavy atom. The second kappa shape index (κ2) is 6.57. The first-order valence-electron chi connectivity index (χ1n) is 5.75. The number of anilines is 1. The first kappa shape index (κ1) is 13.9. The summed E-state index contributed by atoms with van der Waals surface area (Å²) in [5.74, 6) is 0. The Balaban J connectivity index is 2.85. The molecule has 1 aromatic rings. The number of rotatable bonds is 6. The minimum Gasteiger partial charge on any atom is -0.389 e. The number of hydrogen-bond donors (Lipinski definition) is 1. The molecule has 0 spiro atoms. The average molecular weight is 252 g/mol. The van der Waals surface area contributed by atoms with Gasteiger partial charge in [-0.05, 0) is 38.1 Å². The van der Waals surface area contributed by atoms with E-state index in [1.54, 1.807) is 7.11 Å². The third kappa shape index (κ3) is 3.68. The monoisotopic (exact) mass is 252 g/mol. The van der Waals surface area contributed by atoms with E-state index >= 15 is 0 Å². The fraction of sp³-hybridized carbons (Fsp3) is 0.462. The zero-order valence-electron chi connectivity index (χ0n) is 10.6. The number of ether oxygens (including phenoxy) is 1. The summed E-state index contributed by atoms with van der Waals surface area (Å²) in [5.41, 5.74) is 7.64. The third-order valence-electron chi connectivity index (χ3n) is 2.76. The van der Waals surface area contributed by atoms with E-state index in [4.69, 9.17) is 22.7 Å². The molecule has 0 aliphatic carbocycles. The minimum atomic E-state index is 0.348. The van der Waals surface area contributed by atoms with Crippen molar-refractivity contribution in [1.29, 1.82) is 0 Å². The van der Waals surface area contributed by atoms with Crippen LogP contribution in [0.4, 0.5) is 5.69 Å². The van der Waals surface area contributed by atoms with E-state index in [2.05, 4.69) is 18.7 Å². The number of likely N-dealkylation sites (N-methyl/N-ethyl adjacent to an activating group) is 1. The van der Waals surface area contributed by atoms with E-state index in [0.29, 0.717) is 17.6 Å². The van der Waals surface area contributed by atoms with Gasteiger partial charge in [0.1, 0.15) is 4.99 Å². The molecule has 0 heterocycles. The Morgan fingerprint density at radius 3 is 2.41 bits per heavy atom. The second-order valence-electron chi connectivity index (χ2n) is 4.00. The van der Waals surface area contributed by atoms with Crippen molar-refractivity contribution in [3.8, 4) is 0 Å². The number of methoxy groups -OCH3 is 1. The van der Waals surface area contributed by atoms with Gasteiger partial charge in [0, 0.05) is 30.9 Å². The number of nitrogens with zero attached hydrogens (tertiary/aromatic N) is 1. The summed E-state index contributed by atoms with van der Waals surface area (Å²) in [7, 11) is 1.72. The second-order valence-corrected chi connectivity index (χ2v) is 4.44. The molecule has 4 heteroatoms. The van der Waals surface area contributed by atoms with Gasteiger partial charge in [-0.2, -0.15) is 0 Å². The Bertz CT molecular complexity index is 364. The topological polar surface area (TPSA) is 38.5 Å². The van der Waals surface area contributed by atoms with Gasteiger partial charge in [0.05, 0.1) is 6.61 Å². The van der Waals surface area contributed by atoms with Crippen LogP contribution < -0.4 is 10.6 Å². The average Bonchev–Trinajstić information content (AvgIpc) is 2.31. The van der Waals surface area contributed by atoms with Crippen LogP contribution in [0.15, 0.2) is 24.3 Å². The zero-order valence-corrected chi connectivity index (χ0v) is 11.5. The van der Waals surface area contributed by atoms with E-state index in [9.17, 15) is 0 Å². The molecule has 1 atom stereocenters. The molecule has 1 unspecified atom stereocenters. The maximum absolute atomic E-state index is 5.58. The molecule has 2 N–H and O–H groups in total. The Kier molecular flexibility index (Phi) is 5.38. The lowest BCUT2D eigenvalue weighted by Gasteiger charge is -2.29. The van der Waals surface area contributed by atoms with Gasteiger partial charge < -0.3 is 15.4 Å². The summed E-state index contributed by atoms with van der Waals surface area (Å²) < 4.78 is 5.19. The van der Waals surface area contributed by atoms with Crippen molar-refractivity contribution >= 4 is 22.9 Å². The Morgan fingerprint density at radius 2 is 2.00 bits per heavy atom. The summed E-state index contributed by atoms with van der Waals surface area (Å²) in [4.78, 5) is 2.72. The van der Waals surface area contributed by atoms with Crippen LogP contribution in [0.25, 0.3) is 0 Å². The standard InChI is InChI=1S/C13H20N2OS/c1-4-15(10(2)9-16-3)12-7-5-11(6-8-12)13(14)17/h5-8,10H,4,9H2,1-3H3,(H2,14,17). The molecule has 0 bridgehead atoms. The van der Waals surface area contributed by atoms with Crippen molar-refractivity contribution in [3.05, 3.63) is 29.8 Å². The van der Waals surface area contributed by atoms with E-state index in [-0.39, 0.29) is 0 Å². The van der Waals surface area contributed by atoms with E-state index in [0.717, 1.165) is 17.8 Å². The first-order valence-corrected chi connectivity index (χ1v) is 6.16. The minimum absolute atomic E-state index is 0.348. The molecule has 17 heavy (non-hydrogen) atoms. The molecule has 3 nitrogen and oxygen atoms in total. The lowest BCUT2D eigenvalue weighted by molar-refractivity contribution is 0.182. The molecule has 1 rings (SSSR count). The summed E-state index contributed by atoms with van der Waals surface area (Å²) >= 11 is 4.94. The van der Waals surface area contributed by atoms with Crippen LogP contribution in [-0.4, -0.2) is 31.3 Å². The molecular formula is C13H20N2OS.